The molecule has 0 unspecified atom stereocenters. The van der Waals surface area contributed by atoms with E-state index >= 15 is 0 Å². The fraction of sp³-hybridized carbons (Fsp3) is 0.259. The number of hydrogen-bond acceptors (Lipinski definition) is 10. The van der Waals surface area contributed by atoms with Crippen LogP contribution < -0.4 is 19.0 Å². The molecule has 210 valence electrons. The maximum absolute atomic E-state index is 13.0. The minimum absolute atomic E-state index is 0.210. The number of benzene rings is 2. The van der Waals surface area contributed by atoms with Crippen molar-refractivity contribution in [1.29, 1.82) is 0 Å². The van der Waals surface area contributed by atoms with E-state index in [1.807, 2.05) is 11.4 Å². The van der Waals surface area contributed by atoms with Crippen LogP contribution in [-0.2, 0) is 14.8 Å². The number of rotatable bonds is 9. The SMILES string of the molecule is COc1cc(OC)c(OC)cc1C=Nn1c(-c2ccco2)csc1=Nc1ccc(S(=O)(=O)N2CCOCC2)cc1. The van der Waals surface area contributed by atoms with Gasteiger partial charge in [0, 0.05) is 30.1 Å². The van der Waals surface area contributed by atoms with Crippen LogP contribution in [0.15, 0.2) is 79.6 Å². The molecule has 5 rings (SSSR count). The van der Waals surface area contributed by atoms with Crippen LogP contribution in [0.3, 0.4) is 0 Å². The predicted octanol–water partition coefficient (Wildman–Crippen LogP) is 3.97. The lowest BCUT2D eigenvalue weighted by atomic mass is 10.2. The number of hydrogen-bond donors (Lipinski definition) is 0. The number of aromatic nitrogens is 1. The van der Waals surface area contributed by atoms with Crippen molar-refractivity contribution in [2.45, 2.75) is 4.90 Å². The first-order chi connectivity index (χ1) is 19.4. The van der Waals surface area contributed by atoms with Gasteiger partial charge in [0.25, 0.3) is 0 Å². The summed E-state index contributed by atoms with van der Waals surface area (Å²) in [5, 5.41) is 6.59. The molecule has 0 radical (unpaired) electrons. The highest BCUT2D eigenvalue weighted by atomic mass is 32.2. The Bertz CT molecular complexity index is 1650. The molecule has 1 aliphatic rings. The topological polar surface area (TPSA) is 117 Å². The molecule has 0 spiro atoms. The molecule has 0 bridgehead atoms. The molecule has 1 saturated heterocycles. The Morgan fingerprint density at radius 3 is 2.30 bits per heavy atom. The van der Waals surface area contributed by atoms with E-state index < -0.39 is 10.0 Å². The average molecular weight is 585 g/mol. The Balaban J connectivity index is 1.53. The minimum Gasteiger partial charge on any atom is -0.496 e. The molecule has 1 aliphatic heterocycles. The average Bonchev–Trinajstić information content (AvgIpc) is 3.66. The van der Waals surface area contributed by atoms with Gasteiger partial charge in [0.1, 0.15) is 11.4 Å². The van der Waals surface area contributed by atoms with E-state index in [4.69, 9.17) is 33.5 Å². The lowest BCUT2D eigenvalue weighted by Crippen LogP contribution is -2.40. The molecule has 0 amide bonds. The molecule has 0 atom stereocenters. The first-order valence-corrected chi connectivity index (χ1v) is 14.6. The zero-order valence-corrected chi connectivity index (χ0v) is 23.8. The van der Waals surface area contributed by atoms with Gasteiger partial charge in [0.05, 0.1) is 57.6 Å². The van der Waals surface area contributed by atoms with Gasteiger partial charge in [-0.3, -0.25) is 0 Å². The molecule has 2 aromatic heterocycles. The Labute approximate surface area is 235 Å². The summed E-state index contributed by atoms with van der Waals surface area (Å²) in [6, 6.07) is 13.6. The summed E-state index contributed by atoms with van der Waals surface area (Å²) in [5.74, 6) is 2.22. The van der Waals surface area contributed by atoms with Crippen molar-refractivity contribution in [3.8, 4) is 28.7 Å². The summed E-state index contributed by atoms with van der Waals surface area (Å²) in [4.78, 5) is 5.50. The number of nitrogens with zero attached hydrogens (tertiary/aromatic N) is 4. The second-order valence-corrected chi connectivity index (χ2v) is 11.3. The number of furan rings is 1. The molecule has 0 saturated carbocycles. The van der Waals surface area contributed by atoms with E-state index in [0.29, 0.717) is 71.1 Å². The molecule has 40 heavy (non-hydrogen) atoms. The molecule has 4 aromatic rings. The monoisotopic (exact) mass is 584 g/mol. The third kappa shape index (κ3) is 5.68. The Morgan fingerprint density at radius 1 is 0.950 bits per heavy atom. The van der Waals surface area contributed by atoms with Crippen LogP contribution in [-0.4, -0.2) is 71.2 Å². The largest absolute Gasteiger partial charge is 0.496 e. The van der Waals surface area contributed by atoms with Crippen LogP contribution in [0.5, 0.6) is 17.2 Å². The van der Waals surface area contributed by atoms with Gasteiger partial charge in [-0.15, -0.1) is 11.3 Å². The molecule has 0 aliphatic carbocycles. The molecular formula is C27H28N4O7S2. The second kappa shape index (κ2) is 12.1. The van der Waals surface area contributed by atoms with Crippen LogP contribution in [0, 0.1) is 0 Å². The third-order valence-electron chi connectivity index (χ3n) is 6.18. The van der Waals surface area contributed by atoms with Crippen molar-refractivity contribution in [3.05, 3.63) is 70.5 Å². The summed E-state index contributed by atoms with van der Waals surface area (Å²) in [7, 11) is 1.08. The van der Waals surface area contributed by atoms with Gasteiger partial charge in [0.15, 0.2) is 17.3 Å². The number of thiazole rings is 1. The van der Waals surface area contributed by atoms with Gasteiger partial charge >= 0.3 is 0 Å². The normalized spacial score (nSPS) is 15.0. The Morgan fingerprint density at radius 2 is 1.65 bits per heavy atom. The molecule has 1 fully saturated rings. The van der Waals surface area contributed by atoms with Gasteiger partial charge in [-0.1, -0.05) is 0 Å². The zero-order valence-electron chi connectivity index (χ0n) is 22.1. The number of sulfonamides is 1. The van der Waals surface area contributed by atoms with Crippen molar-refractivity contribution < 1.29 is 31.8 Å². The van der Waals surface area contributed by atoms with Crippen LogP contribution in [0.25, 0.3) is 11.5 Å². The van der Waals surface area contributed by atoms with Crippen LogP contribution >= 0.6 is 11.3 Å². The standard InChI is InChI=1S/C27H28N4O7S2/c1-34-24-16-26(36-3)25(35-2)15-19(24)17-28-31-22(23-5-4-12-38-23)18-39-27(31)29-20-6-8-21(9-7-20)40(32,33)30-10-13-37-14-11-30/h4-9,12,15-18H,10-11,13-14H2,1-3H3. The highest BCUT2D eigenvalue weighted by molar-refractivity contribution is 7.89. The number of morpholine rings is 1. The summed E-state index contributed by atoms with van der Waals surface area (Å²) in [5.41, 5.74) is 1.92. The lowest BCUT2D eigenvalue weighted by Gasteiger charge is -2.26. The van der Waals surface area contributed by atoms with Crippen molar-refractivity contribution >= 4 is 33.3 Å². The Kier molecular flexibility index (Phi) is 8.35. The summed E-state index contributed by atoms with van der Waals surface area (Å²) in [6.07, 6.45) is 3.22. The van der Waals surface area contributed by atoms with Crippen molar-refractivity contribution in [2.24, 2.45) is 10.1 Å². The summed E-state index contributed by atoms with van der Waals surface area (Å²) >= 11 is 1.37. The second-order valence-electron chi connectivity index (χ2n) is 8.51. The molecule has 11 nitrogen and oxygen atoms in total. The predicted molar refractivity (Wildman–Crippen MR) is 150 cm³/mol. The molecule has 13 heteroatoms. The van der Waals surface area contributed by atoms with Crippen molar-refractivity contribution in [2.75, 3.05) is 47.6 Å². The van der Waals surface area contributed by atoms with E-state index in [-0.39, 0.29) is 4.90 Å². The summed E-state index contributed by atoms with van der Waals surface area (Å²) in [6.45, 7) is 1.45. The minimum atomic E-state index is -3.60. The first-order valence-electron chi connectivity index (χ1n) is 12.3. The van der Waals surface area contributed by atoms with Gasteiger partial charge in [-0.05, 0) is 42.5 Å². The van der Waals surface area contributed by atoms with Crippen molar-refractivity contribution in [1.82, 2.24) is 8.98 Å². The van der Waals surface area contributed by atoms with Crippen LogP contribution in [0.1, 0.15) is 5.56 Å². The third-order valence-corrected chi connectivity index (χ3v) is 8.91. The lowest BCUT2D eigenvalue weighted by molar-refractivity contribution is 0.0730. The molecule has 0 N–H and O–H groups in total. The molecule has 2 aromatic carbocycles. The van der Waals surface area contributed by atoms with Gasteiger partial charge in [-0.2, -0.15) is 9.41 Å². The van der Waals surface area contributed by atoms with Gasteiger partial charge < -0.3 is 23.4 Å². The van der Waals surface area contributed by atoms with E-state index in [1.54, 1.807) is 80.9 Å². The quantitative estimate of drug-likeness (QED) is 0.273. The van der Waals surface area contributed by atoms with Gasteiger partial charge in [-0.25, -0.2) is 18.1 Å². The first kappa shape index (κ1) is 27.6. The highest BCUT2D eigenvalue weighted by Crippen LogP contribution is 2.34. The van der Waals surface area contributed by atoms with Crippen LogP contribution in [0.2, 0.25) is 0 Å². The smallest absolute Gasteiger partial charge is 0.243 e. The van der Waals surface area contributed by atoms with E-state index in [1.165, 1.54) is 15.6 Å². The fourth-order valence-electron chi connectivity index (χ4n) is 4.10. The van der Waals surface area contributed by atoms with E-state index in [0.717, 1.165) is 0 Å². The maximum Gasteiger partial charge on any atom is 0.243 e. The molecular weight excluding hydrogens is 556 g/mol. The Hall–Kier alpha value is -3.91. The summed E-state index contributed by atoms with van der Waals surface area (Å²) < 4.78 is 56.3. The number of methoxy groups -OCH3 is 3. The molecule has 3 heterocycles. The zero-order chi connectivity index (χ0) is 28.1. The maximum atomic E-state index is 13.0. The van der Waals surface area contributed by atoms with E-state index in [2.05, 4.69) is 0 Å². The highest BCUT2D eigenvalue weighted by Gasteiger charge is 2.26. The van der Waals surface area contributed by atoms with E-state index in [9.17, 15) is 8.42 Å². The van der Waals surface area contributed by atoms with Gasteiger partial charge in [0.2, 0.25) is 14.8 Å². The van der Waals surface area contributed by atoms with Crippen molar-refractivity contribution in [3.63, 3.8) is 0 Å². The van der Waals surface area contributed by atoms with Crippen LogP contribution in [0.4, 0.5) is 5.69 Å². The fourth-order valence-corrected chi connectivity index (χ4v) is 6.34. The number of ether oxygens (including phenoxy) is 4.